The minimum absolute atomic E-state index is 0.0233. The second kappa shape index (κ2) is 5.36. The predicted molar refractivity (Wildman–Crippen MR) is 87.2 cm³/mol. The molecule has 1 saturated carbocycles. The van der Waals surface area contributed by atoms with Crippen molar-refractivity contribution in [2.45, 2.75) is 25.2 Å². The van der Waals surface area contributed by atoms with E-state index in [1.165, 1.54) is 0 Å². The van der Waals surface area contributed by atoms with E-state index >= 15 is 0 Å². The number of nitrogens with one attached hydrogen (secondary N) is 1. The molecule has 0 spiro atoms. The zero-order valence-electron chi connectivity index (χ0n) is 11.6. The zero-order chi connectivity index (χ0) is 15.0. The monoisotopic (exact) mass is 319 g/mol. The first kappa shape index (κ1) is 14.4. The third-order valence-electron chi connectivity index (χ3n) is 4.03. The van der Waals surface area contributed by atoms with Crippen LogP contribution >= 0.6 is 23.2 Å². The van der Waals surface area contributed by atoms with Gasteiger partial charge < -0.3 is 5.32 Å². The van der Waals surface area contributed by atoms with Crippen LogP contribution in [-0.4, -0.2) is 5.91 Å². The fourth-order valence-electron chi connectivity index (χ4n) is 2.51. The highest BCUT2D eigenvalue weighted by atomic mass is 35.5. The maximum absolute atomic E-state index is 12.7. The SMILES string of the molecule is Cc1ccc(Cl)cc1NC(=O)C1(c2ccc(Cl)cc2)CC1. The fraction of sp³-hybridized carbons (Fsp3) is 0.235. The lowest BCUT2D eigenvalue weighted by Gasteiger charge is -2.17. The fourth-order valence-corrected chi connectivity index (χ4v) is 2.81. The second-order valence-corrected chi connectivity index (χ2v) is 6.38. The summed E-state index contributed by atoms with van der Waals surface area (Å²) in [5.41, 5.74) is 2.37. The number of anilines is 1. The van der Waals surface area contributed by atoms with Gasteiger partial charge in [-0.2, -0.15) is 0 Å². The quantitative estimate of drug-likeness (QED) is 0.850. The molecule has 0 atom stereocenters. The summed E-state index contributed by atoms with van der Waals surface area (Å²) >= 11 is 11.9. The molecule has 4 heteroatoms. The first-order valence-corrected chi connectivity index (χ1v) is 7.60. The minimum atomic E-state index is -0.417. The van der Waals surface area contributed by atoms with Crippen molar-refractivity contribution < 1.29 is 4.79 Å². The number of amides is 1. The van der Waals surface area contributed by atoms with E-state index in [0.29, 0.717) is 10.0 Å². The van der Waals surface area contributed by atoms with Crippen molar-refractivity contribution in [3.8, 4) is 0 Å². The predicted octanol–water partition coefficient (Wildman–Crippen LogP) is 4.97. The van der Waals surface area contributed by atoms with Gasteiger partial charge in [0, 0.05) is 15.7 Å². The van der Waals surface area contributed by atoms with Crippen LogP contribution in [-0.2, 0) is 10.2 Å². The standard InChI is InChI=1S/C17H15Cl2NO/c1-11-2-5-14(19)10-15(11)20-16(21)17(8-9-17)12-3-6-13(18)7-4-12/h2-7,10H,8-9H2,1H3,(H,20,21). The Kier molecular flexibility index (Phi) is 3.68. The lowest BCUT2D eigenvalue weighted by molar-refractivity contribution is -0.118. The van der Waals surface area contributed by atoms with Gasteiger partial charge >= 0.3 is 0 Å². The van der Waals surface area contributed by atoms with E-state index in [0.717, 1.165) is 29.7 Å². The van der Waals surface area contributed by atoms with Gasteiger partial charge in [0.1, 0.15) is 0 Å². The van der Waals surface area contributed by atoms with Gasteiger partial charge in [-0.25, -0.2) is 0 Å². The molecule has 108 valence electrons. The number of rotatable bonds is 3. The van der Waals surface area contributed by atoms with Gasteiger partial charge in [0.05, 0.1) is 5.41 Å². The topological polar surface area (TPSA) is 29.1 Å². The summed E-state index contributed by atoms with van der Waals surface area (Å²) in [5.74, 6) is 0.0233. The van der Waals surface area contributed by atoms with Crippen LogP contribution in [0.4, 0.5) is 5.69 Å². The van der Waals surface area contributed by atoms with Crippen molar-refractivity contribution >= 4 is 34.8 Å². The molecule has 0 radical (unpaired) electrons. The number of benzene rings is 2. The number of carbonyl (C=O) groups is 1. The highest BCUT2D eigenvalue weighted by molar-refractivity contribution is 6.31. The van der Waals surface area contributed by atoms with Gasteiger partial charge in [-0.15, -0.1) is 0 Å². The Morgan fingerprint density at radius 1 is 1.05 bits per heavy atom. The molecule has 1 fully saturated rings. The Morgan fingerprint density at radius 3 is 2.29 bits per heavy atom. The molecule has 1 N–H and O–H groups in total. The Bertz CT molecular complexity index is 690. The molecular formula is C17H15Cl2NO. The van der Waals surface area contributed by atoms with Crippen LogP contribution in [0.2, 0.25) is 10.0 Å². The van der Waals surface area contributed by atoms with Crippen molar-refractivity contribution in [2.24, 2.45) is 0 Å². The number of aryl methyl sites for hydroxylation is 1. The van der Waals surface area contributed by atoms with E-state index in [2.05, 4.69) is 5.32 Å². The van der Waals surface area contributed by atoms with E-state index in [1.54, 1.807) is 6.07 Å². The lowest BCUT2D eigenvalue weighted by Crippen LogP contribution is -2.28. The molecule has 0 heterocycles. The molecule has 21 heavy (non-hydrogen) atoms. The molecule has 1 aliphatic carbocycles. The van der Waals surface area contributed by atoms with Crippen LogP contribution in [0.3, 0.4) is 0 Å². The van der Waals surface area contributed by atoms with Gasteiger partial charge in [-0.05, 0) is 55.2 Å². The molecule has 1 aliphatic rings. The van der Waals surface area contributed by atoms with E-state index in [-0.39, 0.29) is 5.91 Å². The molecule has 0 bridgehead atoms. The van der Waals surface area contributed by atoms with Gasteiger partial charge in [0.15, 0.2) is 0 Å². The lowest BCUT2D eigenvalue weighted by atomic mass is 9.95. The van der Waals surface area contributed by atoms with Crippen molar-refractivity contribution in [2.75, 3.05) is 5.32 Å². The summed E-state index contributed by atoms with van der Waals surface area (Å²) in [4.78, 5) is 12.7. The third-order valence-corrected chi connectivity index (χ3v) is 4.52. The Labute approximate surface area is 134 Å². The highest BCUT2D eigenvalue weighted by Gasteiger charge is 2.51. The number of halogens is 2. The largest absolute Gasteiger partial charge is 0.325 e. The van der Waals surface area contributed by atoms with Crippen LogP contribution in [0.15, 0.2) is 42.5 Å². The van der Waals surface area contributed by atoms with Crippen molar-refractivity contribution in [3.63, 3.8) is 0 Å². The summed E-state index contributed by atoms with van der Waals surface area (Å²) in [6.45, 7) is 1.95. The van der Waals surface area contributed by atoms with Gasteiger partial charge in [-0.1, -0.05) is 41.4 Å². The summed E-state index contributed by atoms with van der Waals surface area (Å²) in [7, 11) is 0. The molecule has 3 rings (SSSR count). The van der Waals surface area contributed by atoms with Crippen LogP contribution in [0, 0.1) is 6.92 Å². The van der Waals surface area contributed by atoms with Crippen LogP contribution in [0.1, 0.15) is 24.0 Å². The van der Waals surface area contributed by atoms with E-state index in [9.17, 15) is 4.79 Å². The molecule has 0 aromatic heterocycles. The van der Waals surface area contributed by atoms with E-state index in [4.69, 9.17) is 23.2 Å². The molecule has 0 saturated heterocycles. The summed E-state index contributed by atoms with van der Waals surface area (Å²) in [6, 6.07) is 13.0. The first-order valence-electron chi connectivity index (χ1n) is 6.85. The summed E-state index contributed by atoms with van der Waals surface area (Å²) < 4.78 is 0. The Hall–Kier alpha value is -1.51. The first-order chi connectivity index (χ1) is 10.0. The zero-order valence-corrected chi connectivity index (χ0v) is 13.1. The molecule has 2 aromatic rings. The third kappa shape index (κ3) is 2.78. The Morgan fingerprint density at radius 2 is 1.67 bits per heavy atom. The summed E-state index contributed by atoms with van der Waals surface area (Å²) in [5, 5.41) is 4.31. The second-order valence-electron chi connectivity index (χ2n) is 5.50. The van der Waals surface area contributed by atoms with Gasteiger partial charge in [0.25, 0.3) is 0 Å². The van der Waals surface area contributed by atoms with Crippen LogP contribution in [0.25, 0.3) is 0 Å². The number of carbonyl (C=O) groups excluding carboxylic acids is 1. The average molecular weight is 320 g/mol. The van der Waals surface area contributed by atoms with E-state index in [1.807, 2.05) is 43.3 Å². The van der Waals surface area contributed by atoms with Crippen LogP contribution in [0.5, 0.6) is 0 Å². The minimum Gasteiger partial charge on any atom is -0.325 e. The molecule has 0 unspecified atom stereocenters. The molecular weight excluding hydrogens is 305 g/mol. The molecule has 0 aliphatic heterocycles. The van der Waals surface area contributed by atoms with Crippen molar-refractivity contribution in [1.82, 2.24) is 0 Å². The molecule has 2 aromatic carbocycles. The van der Waals surface area contributed by atoms with Crippen LogP contribution < -0.4 is 5.32 Å². The summed E-state index contributed by atoms with van der Waals surface area (Å²) in [6.07, 6.45) is 1.72. The Balaban J connectivity index is 1.85. The van der Waals surface area contributed by atoms with E-state index < -0.39 is 5.41 Å². The van der Waals surface area contributed by atoms with Gasteiger partial charge in [-0.3, -0.25) is 4.79 Å². The maximum Gasteiger partial charge on any atom is 0.235 e. The smallest absolute Gasteiger partial charge is 0.235 e. The van der Waals surface area contributed by atoms with Crippen molar-refractivity contribution in [1.29, 1.82) is 0 Å². The maximum atomic E-state index is 12.7. The van der Waals surface area contributed by atoms with Gasteiger partial charge in [0.2, 0.25) is 5.91 Å². The molecule has 2 nitrogen and oxygen atoms in total. The number of hydrogen-bond acceptors (Lipinski definition) is 1. The van der Waals surface area contributed by atoms with Crippen molar-refractivity contribution in [3.05, 3.63) is 63.6 Å². The normalized spacial score (nSPS) is 15.6. The number of hydrogen-bond donors (Lipinski definition) is 1. The molecule has 1 amide bonds. The average Bonchev–Trinajstić information content (AvgIpc) is 3.25. The highest BCUT2D eigenvalue weighted by Crippen LogP contribution is 2.49.